The lowest BCUT2D eigenvalue weighted by atomic mass is 10.2. The number of nitrogens with zero attached hydrogens (tertiary/aromatic N) is 1. The normalized spacial score (nSPS) is 25.8. The second kappa shape index (κ2) is 4.31. The van der Waals surface area contributed by atoms with Gasteiger partial charge in [0.15, 0.2) is 0 Å². The summed E-state index contributed by atoms with van der Waals surface area (Å²) in [6.07, 6.45) is 2.24. The molecule has 17 heavy (non-hydrogen) atoms. The van der Waals surface area contributed by atoms with Gasteiger partial charge in [-0.3, -0.25) is 4.79 Å². The number of hydrazone groups is 1. The molecule has 2 rings (SSSR count). The molecule has 3 nitrogen and oxygen atoms in total. The summed E-state index contributed by atoms with van der Waals surface area (Å²) in [7, 11) is 0. The Morgan fingerprint density at radius 1 is 1.41 bits per heavy atom. The fourth-order valence-electron chi connectivity index (χ4n) is 1.44. The van der Waals surface area contributed by atoms with Gasteiger partial charge in [-0.2, -0.15) is 5.10 Å². The van der Waals surface area contributed by atoms with Gasteiger partial charge in [0, 0.05) is 17.2 Å². The van der Waals surface area contributed by atoms with Crippen molar-refractivity contribution in [3.8, 4) is 0 Å². The minimum atomic E-state index is -0.756. The van der Waals surface area contributed by atoms with Crippen LogP contribution in [0, 0.1) is 5.41 Å². The quantitative estimate of drug-likeness (QED) is 0.512. The van der Waals surface area contributed by atoms with E-state index in [-0.39, 0.29) is 11.3 Å². The molecule has 0 heterocycles. The summed E-state index contributed by atoms with van der Waals surface area (Å²) in [6.45, 7) is 1.89. The SMILES string of the molecule is CC1(C=NNC(=O)c2ccccc2)CC1(Cl)Cl. The first-order valence-corrected chi connectivity index (χ1v) is 5.98. The molecule has 1 aromatic rings. The zero-order valence-electron chi connectivity index (χ0n) is 9.28. The molecule has 5 heteroatoms. The second-order valence-corrected chi connectivity index (χ2v) is 5.85. The fraction of sp³-hybridized carbons (Fsp3) is 0.333. The Hall–Kier alpha value is -1.06. The van der Waals surface area contributed by atoms with Crippen LogP contribution in [0.15, 0.2) is 35.4 Å². The van der Waals surface area contributed by atoms with Crippen molar-refractivity contribution in [2.24, 2.45) is 10.5 Å². The van der Waals surface area contributed by atoms with Gasteiger partial charge >= 0.3 is 0 Å². The largest absolute Gasteiger partial charge is 0.271 e. The van der Waals surface area contributed by atoms with Gasteiger partial charge in [-0.1, -0.05) is 25.1 Å². The van der Waals surface area contributed by atoms with Crippen LogP contribution in [0.25, 0.3) is 0 Å². The summed E-state index contributed by atoms with van der Waals surface area (Å²) in [4.78, 5) is 11.6. The van der Waals surface area contributed by atoms with Gasteiger partial charge in [-0.05, 0) is 18.6 Å². The van der Waals surface area contributed by atoms with Gasteiger partial charge in [0.1, 0.15) is 4.33 Å². The van der Waals surface area contributed by atoms with Gasteiger partial charge in [-0.15, -0.1) is 23.2 Å². The number of nitrogens with one attached hydrogen (secondary N) is 1. The molecule has 1 saturated carbocycles. The molecule has 0 bridgehead atoms. The number of halogens is 2. The first kappa shape index (κ1) is 12.4. The first-order chi connectivity index (χ1) is 7.95. The van der Waals surface area contributed by atoms with Crippen molar-refractivity contribution in [1.82, 2.24) is 5.43 Å². The molecule has 1 N–H and O–H groups in total. The molecular formula is C12H12Cl2N2O. The lowest BCUT2D eigenvalue weighted by Crippen LogP contribution is -2.19. The Labute approximate surface area is 110 Å². The zero-order chi connectivity index (χ0) is 12.5. The van der Waals surface area contributed by atoms with Crippen molar-refractivity contribution in [1.29, 1.82) is 0 Å². The number of rotatable bonds is 3. The third kappa shape index (κ3) is 2.61. The Morgan fingerprint density at radius 3 is 2.53 bits per heavy atom. The highest BCUT2D eigenvalue weighted by Gasteiger charge is 2.62. The van der Waals surface area contributed by atoms with E-state index in [1.54, 1.807) is 30.5 Å². The van der Waals surface area contributed by atoms with Gasteiger partial charge < -0.3 is 0 Å². The third-order valence-corrected chi connectivity index (χ3v) is 3.98. The molecule has 1 fully saturated rings. The number of hydrogen-bond donors (Lipinski definition) is 1. The first-order valence-electron chi connectivity index (χ1n) is 5.22. The predicted molar refractivity (Wildman–Crippen MR) is 69.6 cm³/mol. The fourth-order valence-corrected chi connectivity index (χ4v) is 2.10. The highest BCUT2D eigenvalue weighted by atomic mass is 35.5. The van der Waals surface area contributed by atoms with Crippen molar-refractivity contribution in [2.75, 3.05) is 0 Å². The van der Waals surface area contributed by atoms with Crippen LogP contribution >= 0.6 is 23.2 Å². The van der Waals surface area contributed by atoms with Gasteiger partial charge in [0.2, 0.25) is 0 Å². The van der Waals surface area contributed by atoms with E-state index in [4.69, 9.17) is 23.2 Å². The summed E-state index contributed by atoms with van der Waals surface area (Å²) in [6, 6.07) is 8.88. The van der Waals surface area contributed by atoms with Crippen molar-refractivity contribution in [3.63, 3.8) is 0 Å². The Balaban J connectivity index is 1.92. The lowest BCUT2D eigenvalue weighted by Gasteiger charge is -2.04. The average Bonchev–Trinajstić information content (AvgIpc) is 2.79. The number of alkyl halides is 2. The minimum absolute atomic E-state index is 0.249. The molecule has 0 aliphatic heterocycles. The molecule has 0 aromatic heterocycles. The molecule has 1 amide bonds. The number of carbonyl (C=O) groups is 1. The van der Waals surface area contributed by atoms with Gasteiger partial charge in [-0.25, -0.2) is 5.43 Å². The van der Waals surface area contributed by atoms with Crippen molar-refractivity contribution >= 4 is 35.3 Å². The summed E-state index contributed by atoms with van der Waals surface area (Å²) in [5.74, 6) is -0.249. The Bertz CT molecular complexity index is 459. The lowest BCUT2D eigenvalue weighted by molar-refractivity contribution is 0.0955. The van der Waals surface area contributed by atoms with E-state index in [0.29, 0.717) is 12.0 Å². The van der Waals surface area contributed by atoms with E-state index in [9.17, 15) is 4.79 Å². The maximum absolute atomic E-state index is 11.6. The molecule has 0 saturated heterocycles. The van der Waals surface area contributed by atoms with Crippen LogP contribution in [0.4, 0.5) is 0 Å². The molecule has 0 radical (unpaired) electrons. The number of hydrogen-bond acceptors (Lipinski definition) is 2. The van der Waals surface area contributed by atoms with E-state index in [1.807, 2.05) is 13.0 Å². The molecular weight excluding hydrogens is 259 g/mol. The smallest absolute Gasteiger partial charge is 0.267 e. The Morgan fingerprint density at radius 2 is 2.00 bits per heavy atom. The highest BCUT2D eigenvalue weighted by molar-refractivity contribution is 6.52. The summed E-state index contributed by atoms with van der Waals surface area (Å²) < 4.78 is -0.756. The van der Waals surface area contributed by atoms with E-state index in [1.165, 1.54) is 0 Å². The van der Waals surface area contributed by atoms with Crippen LogP contribution in [-0.4, -0.2) is 16.5 Å². The van der Waals surface area contributed by atoms with E-state index in [2.05, 4.69) is 10.5 Å². The van der Waals surface area contributed by atoms with E-state index in [0.717, 1.165) is 0 Å². The third-order valence-electron chi connectivity index (χ3n) is 2.85. The standard InChI is InChI=1S/C12H12Cl2N2O/c1-11(7-12(11,13)14)8-15-16-10(17)9-5-3-2-4-6-9/h2-6,8H,7H2,1H3,(H,16,17). The molecule has 1 atom stereocenters. The van der Waals surface area contributed by atoms with Crippen LogP contribution in [0.2, 0.25) is 0 Å². The molecule has 90 valence electrons. The highest BCUT2D eigenvalue weighted by Crippen LogP contribution is 2.62. The number of benzene rings is 1. The Kier molecular flexibility index (Phi) is 3.15. The van der Waals surface area contributed by atoms with Crippen molar-refractivity contribution in [2.45, 2.75) is 17.7 Å². The molecule has 0 spiro atoms. The van der Waals surface area contributed by atoms with Crippen LogP contribution < -0.4 is 5.43 Å². The van der Waals surface area contributed by atoms with Gasteiger partial charge in [0.25, 0.3) is 5.91 Å². The monoisotopic (exact) mass is 270 g/mol. The summed E-state index contributed by atoms with van der Waals surface area (Å²) in [5.41, 5.74) is 2.66. The molecule has 1 aliphatic carbocycles. The van der Waals surface area contributed by atoms with Crippen LogP contribution in [0.3, 0.4) is 0 Å². The predicted octanol–water partition coefficient (Wildman–Crippen LogP) is 2.99. The van der Waals surface area contributed by atoms with Crippen LogP contribution in [0.1, 0.15) is 23.7 Å². The second-order valence-electron chi connectivity index (χ2n) is 4.36. The molecule has 1 unspecified atom stereocenters. The molecule has 1 aromatic carbocycles. The van der Waals surface area contributed by atoms with E-state index < -0.39 is 4.33 Å². The topological polar surface area (TPSA) is 41.5 Å². The van der Waals surface area contributed by atoms with Crippen molar-refractivity contribution < 1.29 is 4.79 Å². The van der Waals surface area contributed by atoms with E-state index >= 15 is 0 Å². The summed E-state index contributed by atoms with van der Waals surface area (Å²) in [5, 5.41) is 3.88. The molecule has 1 aliphatic rings. The zero-order valence-corrected chi connectivity index (χ0v) is 10.8. The number of amides is 1. The maximum atomic E-state index is 11.6. The summed E-state index contributed by atoms with van der Waals surface area (Å²) >= 11 is 11.9. The number of carbonyl (C=O) groups excluding carboxylic acids is 1. The van der Waals surface area contributed by atoms with Crippen LogP contribution in [0.5, 0.6) is 0 Å². The maximum Gasteiger partial charge on any atom is 0.271 e. The van der Waals surface area contributed by atoms with Gasteiger partial charge in [0.05, 0.1) is 0 Å². The van der Waals surface area contributed by atoms with Crippen molar-refractivity contribution in [3.05, 3.63) is 35.9 Å². The minimum Gasteiger partial charge on any atom is -0.267 e. The van der Waals surface area contributed by atoms with Crippen LogP contribution in [-0.2, 0) is 0 Å². The average molecular weight is 271 g/mol.